The van der Waals surface area contributed by atoms with Crippen molar-refractivity contribution in [2.75, 3.05) is 6.54 Å². The monoisotopic (exact) mass is 202 g/mol. The Morgan fingerprint density at radius 3 is 3.00 bits per heavy atom. The molecule has 2 heterocycles. The van der Waals surface area contributed by atoms with Crippen LogP contribution in [0.15, 0.2) is 31.0 Å². The molecule has 78 valence electrons. The van der Waals surface area contributed by atoms with Crippen LogP contribution in [0.25, 0.3) is 5.57 Å². The summed E-state index contributed by atoms with van der Waals surface area (Å²) in [6.07, 6.45) is 3.65. The summed E-state index contributed by atoms with van der Waals surface area (Å²) < 4.78 is 0. The molecule has 0 saturated carbocycles. The third-order valence-electron chi connectivity index (χ3n) is 2.65. The third kappa shape index (κ3) is 2.13. The Labute approximate surface area is 89.2 Å². The van der Waals surface area contributed by atoms with E-state index in [0.29, 0.717) is 11.3 Å². The molecule has 0 radical (unpaired) electrons. The molecule has 1 aliphatic rings. The lowest BCUT2D eigenvalue weighted by molar-refractivity contribution is -0.115. The average molecular weight is 202 g/mol. The van der Waals surface area contributed by atoms with Crippen LogP contribution in [0.5, 0.6) is 0 Å². The van der Waals surface area contributed by atoms with E-state index in [4.69, 9.17) is 0 Å². The topological polar surface area (TPSA) is 42.0 Å². The van der Waals surface area contributed by atoms with Crippen molar-refractivity contribution in [3.05, 3.63) is 36.7 Å². The molecule has 0 aromatic carbocycles. The van der Waals surface area contributed by atoms with Crippen LogP contribution in [0.1, 0.15) is 18.5 Å². The second kappa shape index (κ2) is 4.36. The summed E-state index contributed by atoms with van der Waals surface area (Å²) in [4.78, 5) is 16.1. The predicted octanol–water partition coefficient (Wildman–Crippen LogP) is 1.42. The number of carbonyl (C=O) groups is 1. The zero-order chi connectivity index (χ0) is 10.7. The number of nitrogens with one attached hydrogen (secondary N) is 1. The molecule has 1 aliphatic heterocycles. The first-order chi connectivity index (χ1) is 7.29. The standard InChI is InChI=1S/C12H14N2O/c1-9(10-5-2-3-7-13-10)12(15)11-6-4-8-14-11/h2-3,5,7,11,14H,1,4,6,8H2. The van der Waals surface area contributed by atoms with Crippen molar-refractivity contribution in [2.45, 2.75) is 18.9 Å². The van der Waals surface area contributed by atoms with Gasteiger partial charge in [-0.05, 0) is 31.5 Å². The van der Waals surface area contributed by atoms with E-state index in [1.54, 1.807) is 6.20 Å². The van der Waals surface area contributed by atoms with Gasteiger partial charge in [-0.25, -0.2) is 0 Å². The minimum atomic E-state index is -0.0560. The van der Waals surface area contributed by atoms with Crippen LogP contribution < -0.4 is 5.32 Å². The van der Waals surface area contributed by atoms with Crippen molar-refractivity contribution in [3.8, 4) is 0 Å². The van der Waals surface area contributed by atoms with Gasteiger partial charge in [-0.15, -0.1) is 0 Å². The molecule has 15 heavy (non-hydrogen) atoms. The number of hydrogen-bond donors (Lipinski definition) is 1. The maximum atomic E-state index is 11.9. The molecule has 1 saturated heterocycles. The Kier molecular flexibility index (Phi) is 2.92. The van der Waals surface area contributed by atoms with Crippen LogP contribution in [0, 0.1) is 0 Å². The molecule has 1 unspecified atom stereocenters. The van der Waals surface area contributed by atoms with Crippen molar-refractivity contribution in [1.82, 2.24) is 10.3 Å². The molecule has 1 fully saturated rings. The molecular weight excluding hydrogens is 188 g/mol. The minimum absolute atomic E-state index is 0.0560. The molecule has 0 spiro atoms. The summed E-state index contributed by atoms with van der Waals surface area (Å²) in [5.41, 5.74) is 1.19. The number of pyridine rings is 1. The summed E-state index contributed by atoms with van der Waals surface area (Å²) in [6.45, 7) is 4.74. The molecule has 0 amide bonds. The van der Waals surface area contributed by atoms with Crippen LogP contribution >= 0.6 is 0 Å². The number of aromatic nitrogens is 1. The maximum absolute atomic E-state index is 11.9. The number of ketones is 1. The zero-order valence-electron chi connectivity index (χ0n) is 8.57. The molecule has 0 bridgehead atoms. The number of Topliss-reactive ketones (excluding diaryl/α,β-unsaturated/α-hetero) is 1. The number of nitrogens with zero attached hydrogens (tertiary/aromatic N) is 1. The van der Waals surface area contributed by atoms with E-state index in [-0.39, 0.29) is 11.8 Å². The Morgan fingerprint density at radius 2 is 2.40 bits per heavy atom. The summed E-state index contributed by atoms with van der Waals surface area (Å²) >= 11 is 0. The van der Waals surface area contributed by atoms with E-state index < -0.39 is 0 Å². The van der Waals surface area contributed by atoms with E-state index in [0.717, 1.165) is 19.4 Å². The molecule has 1 aromatic heterocycles. The van der Waals surface area contributed by atoms with Gasteiger partial charge in [0.25, 0.3) is 0 Å². The predicted molar refractivity (Wildman–Crippen MR) is 59.3 cm³/mol. The Hall–Kier alpha value is -1.48. The van der Waals surface area contributed by atoms with Crippen molar-refractivity contribution in [2.24, 2.45) is 0 Å². The van der Waals surface area contributed by atoms with Gasteiger partial charge in [0.2, 0.25) is 0 Å². The highest BCUT2D eigenvalue weighted by atomic mass is 16.1. The lowest BCUT2D eigenvalue weighted by atomic mass is 10.0. The quantitative estimate of drug-likeness (QED) is 0.754. The van der Waals surface area contributed by atoms with Crippen LogP contribution in [0.2, 0.25) is 0 Å². The highest BCUT2D eigenvalue weighted by molar-refractivity contribution is 6.22. The second-order valence-electron chi connectivity index (χ2n) is 3.71. The maximum Gasteiger partial charge on any atom is 0.181 e. The van der Waals surface area contributed by atoms with Crippen LogP contribution in [0.3, 0.4) is 0 Å². The second-order valence-corrected chi connectivity index (χ2v) is 3.71. The molecule has 2 rings (SSSR count). The Morgan fingerprint density at radius 1 is 1.53 bits per heavy atom. The average Bonchev–Trinajstić information content (AvgIpc) is 2.82. The first-order valence-electron chi connectivity index (χ1n) is 5.17. The van der Waals surface area contributed by atoms with Gasteiger partial charge in [0.1, 0.15) is 0 Å². The van der Waals surface area contributed by atoms with E-state index in [1.165, 1.54) is 0 Å². The summed E-state index contributed by atoms with van der Waals surface area (Å²) in [7, 11) is 0. The molecule has 0 aliphatic carbocycles. The molecule has 1 N–H and O–H groups in total. The fourth-order valence-electron chi connectivity index (χ4n) is 1.79. The molecule has 1 aromatic rings. The molecular formula is C12H14N2O. The highest BCUT2D eigenvalue weighted by Gasteiger charge is 2.24. The van der Waals surface area contributed by atoms with Crippen molar-refractivity contribution < 1.29 is 4.79 Å². The number of carbonyl (C=O) groups excluding carboxylic acids is 1. The van der Waals surface area contributed by atoms with Gasteiger partial charge in [-0.3, -0.25) is 9.78 Å². The number of rotatable bonds is 3. The van der Waals surface area contributed by atoms with Crippen molar-refractivity contribution >= 4 is 11.4 Å². The number of hydrogen-bond acceptors (Lipinski definition) is 3. The lowest BCUT2D eigenvalue weighted by Crippen LogP contribution is -2.31. The van der Waals surface area contributed by atoms with Gasteiger partial charge in [-0.1, -0.05) is 12.6 Å². The first kappa shape index (κ1) is 10.1. The van der Waals surface area contributed by atoms with E-state index >= 15 is 0 Å². The Balaban J connectivity index is 2.11. The van der Waals surface area contributed by atoms with Crippen molar-refractivity contribution in [3.63, 3.8) is 0 Å². The van der Waals surface area contributed by atoms with E-state index in [9.17, 15) is 4.79 Å². The van der Waals surface area contributed by atoms with Gasteiger partial charge < -0.3 is 5.32 Å². The first-order valence-corrected chi connectivity index (χ1v) is 5.17. The summed E-state index contributed by atoms with van der Waals surface area (Å²) in [6, 6.07) is 5.45. The summed E-state index contributed by atoms with van der Waals surface area (Å²) in [5, 5.41) is 3.17. The van der Waals surface area contributed by atoms with E-state index in [1.807, 2.05) is 18.2 Å². The molecule has 3 nitrogen and oxygen atoms in total. The minimum Gasteiger partial charge on any atom is -0.307 e. The zero-order valence-corrected chi connectivity index (χ0v) is 8.57. The SMILES string of the molecule is C=C(C(=O)C1CCCN1)c1ccccn1. The van der Waals surface area contributed by atoms with Gasteiger partial charge in [0.05, 0.1) is 11.7 Å². The van der Waals surface area contributed by atoms with Crippen LogP contribution in [-0.4, -0.2) is 23.4 Å². The van der Waals surface area contributed by atoms with Crippen LogP contribution in [-0.2, 0) is 4.79 Å². The van der Waals surface area contributed by atoms with Gasteiger partial charge in [0, 0.05) is 11.8 Å². The highest BCUT2D eigenvalue weighted by Crippen LogP contribution is 2.16. The van der Waals surface area contributed by atoms with E-state index in [2.05, 4.69) is 16.9 Å². The fourth-order valence-corrected chi connectivity index (χ4v) is 1.79. The van der Waals surface area contributed by atoms with Crippen LogP contribution in [0.4, 0.5) is 0 Å². The Bertz CT molecular complexity index is 366. The lowest BCUT2D eigenvalue weighted by Gasteiger charge is -2.10. The van der Waals surface area contributed by atoms with Crippen molar-refractivity contribution in [1.29, 1.82) is 0 Å². The largest absolute Gasteiger partial charge is 0.307 e. The summed E-state index contributed by atoms with van der Waals surface area (Å²) in [5.74, 6) is 0.0752. The third-order valence-corrected chi connectivity index (χ3v) is 2.65. The fraction of sp³-hybridized carbons (Fsp3) is 0.333. The molecule has 3 heteroatoms. The van der Waals surface area contributed by atoms with Gasteiger partial charge in [-0.2, -0.15) is 0 Å². The smallest absolute Gasteiger partial charge is 0.181 e. The normalized spacial score (nSPS) is 20.1. The molecule has 1 atom stereocenters. The van der Waals surface area contributed by atoms with Gasteiger partial charge in [0.15, 0.2) is 5.78 Å². The van der Waals surface area contributed by atoms with Gasteiger partial charge >= 0.3 is 0 Å².